The molecule has 4 nitrogen and oxygen atoms in total. The second kappa shape index (κ2) is 6.08. The van der Waals surface area contributed by atoms with Gasteiger partial charge in [-0.2, -0.15) is 0 Å². The highest BCUT2D eigenvalue weighted by molar-refractivity contribution is 5.72. The Morgan fingerprint density at radius 1 is 1.67 bits per heavy atom. The van der Waals surface area contributed by atoms with Crippen molar-refractivity contribution in [3.8, 4) is 0 Å². The highest BCUT2D eigenvalue weighted by Gasteiger charge is 2.23. The molecule has 88 valence electrons. The molecule has 0 N–H and O–H groups in total. The van der Waals surface area contributed by atoms with Gasteiger partial charge in [-0.15, -0.1) is 0 Å². The van der Waals surface area contributed by atoms with Crippen LogP contribution in [0.25, 0.3) is 0 Å². The lowest BCUT2D eigenvalue weighted by Gasteiger charge is -2.33. The molecule has 2 unspecified atom stereocenters. The molecule has 0 radical (unpaired) electrons. The van der Waals surface area contributed by atoms with Gasteiger partial charge in [-0.25, -0.2) is 0 Å². The Kier molecular flexibility index (Phi) is 5.05. The van der Waals surface area contributed by atoms with E-state index in [4.69, 9.17) is 9.47 Å². The van der Waals surface area contributed by atoms with Gasteiger partial charge in [-0.3, -0.25) is 9.69 Å². The van der Waals surface area contributed by atoms with Gasteiger partial charge in [0.2, 0.25) is 0 Å². The Morgan fingerprint density at radius 3 is 3.00 bits per heavy atom. The van der Waals surface area contributed by atoms with Crippen molar-refractivity contribution in [1.29, 1.82) is 0 Å². The molecule has 1 rings (SSSR count). The maximum Gasteiger partial charge on any atom is 0.309 e. The number of carbonyl (C=O) groups excluding carboxylic acids is 1. The molecule has 0 saturated carbocycles. The molecule has 0 amide bonds. The second-order valence-electron chi connectivity index (χ2n) is 4.08. The molecule has 0 aromatic rings. The fourth-order valence-electron chi connectivity index (χ4n) is 1.86. The standard InChI is InChI=1S/C11H21NO3/c1-4-10-8-12(5-6-15-10)7-9(2)11(13)14-3/h9-10H,4-8H2,1-3H3. The minimum absolute atomic E-state index is 0.0504. The lowest BCUT2D eigenvalue weighted by molar-refractivity contribution is -0.146. The molecule has 15 heavy (non-hydrogen) atoms. The zero-order valence-electron chi connectivity index (χ0n) is 9.86. The third-order valence-corrected chi connectivity index (χ3v) is 2.81. The van der Waals surface area contributed by atoms with E-state index in [-0.39, 0.29) is 11.9 Å². The van der Waals surface area contributed by atoms with Crippen LogP contribution < -0.4 is 0 Å². The van der Waals surface area contributed by atoms with Gasteiger partial charge in [-0.1, -0.05) is 13.8 Å². The fraction of sp³-hybridized carbons (Fsp3) is 0.909. The predicted octanol–water partition coefficient (Wildman–Crippen LogP) is 0.906. The quantitative estimate of drug-likeness (QED) is 0.653. The number of ether oxygens (including phenoxy) is 2. The Bertz CT molecular complexity index is 208. The van der Waals surface area contributed by atoms with Gasteiger partial charge >= 0.3 is 5.97 Å². The zero-order valence-corrected chi connectivity index (χ0v) is 9.86. The average Bonchev–Trinajstić information content (AvgIpc) is 2.28. The van der Waals surface area contributed by atoms with Gasteiger partial charge in [0.1, 0.15) is 0 Å². The van der Waals surface area contributed by atoms with Gasteiger partial charge in [-0.05, 0) is 6.42 Å². The van der Waals surface area contributed by atoms with Crippen LogP contribution in [0.5, 0.6) is 0 Å². The number of carbonyl (C=O) groups is 1. The summed E-state index contributed by atoms with van der Waals surface area (Å²) in [4.78, 5) is 13.5. The molecular formula is C11H21NO3. The summed E-state index contributed by atoms with van der Waals surface area (Å²) in [5.41, 5.74) is 0. The highest BCUT2D eigenvalue weighted by atomic mass is 16.5. The van der Waals surface area contributed by atoms with Crippen LogP contribution in [-0.2, 0) is 14.3 Å². The first-order valence-corrected chi connectivity index (χ1v) is 5.59. The number of rotatable bonds is 4. The van der Waals surface area contributed by atoms with Gasteiger partial charge in [0.25, 0.3) is 0 Å². The summed E-state index contributed by atoms with van der Waals surface area (Å²) in [5, 5.41) is 0. The molecule has 1 aliphatic heterocycles. The minimum atomic E-state index is -0.130. The molecule has 2 atom stereocenters. The van der Waals surface area contributed by atoms with Crippen LogP contribution in [0.3, 0.4) is 0 Å². The average molecular weight is 215 g/mol. The largest absolute Gasteiger partial charge is 0.469 e. The Hall–Kier alpha value is -0.610. The summed E-state index contributed by atoms with van der Waals surface area (Å²) in [5.74, 6) is -0.180. The first kappa shape index (κ1) is 12.5. The normalized spacial score (nSPS) is 24.9. The molecule has 1 heterocycles. The molecule has 1 saturated heterocycles. The van der Waals surface area contributed by atoms with E-state index in [1.54, 1.807) is 0 Å². The van der Waals surface area contributed by atoms with Crippen molar-refractivity contribution in [3.05, 3.63) is 0 Å². The van der Waals surface area contributed by atoms with Crippen molar-refractivity contribution in [2.45, 2.75) is 26.4 Å². The van der Waals surface area contributed by atoms with Crippen molar-refractivity contribution in [2.75, 3.05) is 33.4 Å². The lowest BCUT2D eigenvalue weighted by atomic mass is 10.1. The summed E-state index contributed by atoms with van der Waals surface area (Å²) >= 11 is 0. The molecule has 0 aliphatic carbocycles. The summed E-state index contributed by atoms with van der Waals surface area (Å²) in [6.45, 7) is 7.41. The van der Waals surface area contributed by atoms with Gasteiger partial charge in [0.15, 0.2) is 0 Å². The zero-order chi connectivity index (χ0) is 11.3. The topological polar surface area (TPSA) is 38.8 Å². The molecule has 0 aromatic carbocycles. The summed E-state index contributed by atoms with van der Waals surface area (Å²) in [6.07, 6.45) is 1.35. The van der Waals surface area contributed by atoms with Crippen molar-refractivity contribution < 1.29 is 14.3 Å². The van der Waals surface area contributed by atoms with Crippen LogP contribution >= 0.6 is 0 Å². The van der Waals surface area contributed by atoms with E-state index >= 15 is 0 Å². The van der Waals surface area contributed by atoms with Crippen LogP contribution in [0.4, 0.5) is 0 Å². The van der Waals surface area contributed by atoms with Crippen LogP contribution in [0.2, 0.25) is 0 Å². The SMILES string of the molecule is CCC1CN(CC(C)C(=O)OC)CCO1. The third-order valence-electron chi connectivity index (χ3n) is 2.81. The number of hydrogen-bond acceptors (Lipinski definition) is 4. The molecular weight excluding hydrogens is 194 g/mol. The van der Waals surface area contributed by atoms with Crippen molar-refractivity contribution in [2.24, 2.45) is 5.92 Å². The predicted molar refractivity (Wildman–Crippen MR) is 57.7 cm³/mol. The number of esters is 1. The van der Waals surface area contributed by atoms with Gasteiger partial charge in [0, 0.05) is 19.6 Å². The van der Waals surface area contributed by atoms with Gasteiger partial charge in [0.05, 0.1) is 25.7 Å². The summed E-state index contributed by atoms with van der Waals surface area (Å²) < 4.78 is 10.3. The van der Waals surface area contributed by atoms with E-state index in [1.807, 2.05) is 6.92 Å². The minimum Gasteiger partial charge on any atom is -0.469 e. The number of nitrogens with zero attached hydrogens (tertiary/aromatic N) is 1. The van der Waals surface area contributed by atoms with Crippen LogP contribution in [0, 0.1) is 5.92 Å². The van der Waals surface area contributed by atoms with E-state index in [1.165, 1.54) is 7.11 Å². The van der Waals surface area contributed by atoms with E-state index in [0.717, 1.165) is 32.7 Å². The molecule has 1 aliphatic rings. The summed E-state index contributed by atoms with van der Waals surface area (Å²) in [7, 11) is 1.44. The third kappa shape index (κ3) is 3.80. The monoisotopic (exact) mass is 215 g/mol. The first-order chi connectivity index (χ1) is 7.17. The maximum atomic E-state index is 11.3. The number of morpholine rings is 1. The second-order valence-corrected chi connectivity index (χ2v) is 4.08. The Balaban J connectivity index is 2.34. The van der Waals surface area contributed by atoms with E-state index in [0.29, 0.717) is 6.10 Å². The van der Waals surface area contributed by atoms with Crippen molar-refractivity contribution >= 4 is 5.97 Å². The molecule has 1 fully saturated rings. The van der Waals surface area contributed by atoms with Crippen molar-refractivity contribution in [1.82, 2.24) is 4.90 Å². The van der Waals surface area contributed by atoms with Crippen LogP contribution in [0.15, 0.2) is 0 Å². The molecule has 0 bridgehead atoms. The van der Waals surface area contributed by atoms with E-state index < -0.39 is 0 Å². The molecule has 0 aromatic heterocycles. The summed E-state index contributed by atoms with van der Waals surface area (Å²) in [6, 6.07) is 0. The van der Waals surface area contributed by atoms with Gasteiger partial charge < -0.3 is 9.47 Å². The Morgan fingerprint density at radius 2 is 2.40 bits per heavy atom. The number of methoxy groups -OCH3 is 1. The lowest BCUT2D eigenvalue weighted by Crippen LogP contribution is -2.44. The van der Waals surface area contributed by atoms with Crippen LogP contribution in [-0.4, -0.2) is 50.3 Å². The van der Waals surface area contributed by atoms with E-state index in [9.17, 15) is 4.79 Å². The molecule has 0 spiro atoms. The molecule has 4 heteroatoms. The highest BCUT2D eigenvalue weighted by Crippen LogP contribution is 2.10. The number of hydrogen-bond donors (Lipinski definition) is 0. The maximum absolute atomic E-state index is 11.3. The van der Waals surface area contributed by atoms with Crippen LogP contribution in [0.1, 0.15) is 20.3 Å². The first-order valence-electron chi connectivity index (χ1n) is 5.59. The Labute approximate surface area is 91.5 Å². The van der Waals surface area contributed by atoms with E-state index in [2.05, 4.69) is 11.8 Å². The fourth-order valence-corrected chi connectivity index (χ4v) is 1.86. The van der Waals surface area contributed by atoms with Crippen molar-refractivity contribution in [3.63, 3.8) is 0 Å². The smallest absolute Gasteiger partial charge is 0.309 e.